The van der Waals surface area contributed by atoms with Crippen molar-refractivity contribution < 1.29 is 0 Å². The second kappa shape index (κ2) is 6.00. The number of rotatable bonds is 4. The molecule has 1 aromatic carbocycles. The molecule has 5 heteroatoms. The zero-order valence-electron chi connectivity index (χ0n) is 11.4. The van der Waals surface area contributed by atoms with E-state index in [1.807, 2.05) is 42.5 Å². The van der Waals surface area contributed by atoms with Crippen molar-refractivity contribution >= 4 is 11.6 Å². The fraction of sp³-hybridized carbons (Fsp3) is 0.0625. The number of nitrogen functional groups attached to an aromatic ring is 1. The van der Waals surface area contributed by atoms with Gasteiger partial charge in [-0.3, -0.25) is 4.98 Å². The van der Waals surface area contributed by atoms with Crippen LogP contribution in [0, 0.1) is 0 Å². The van der Waals surface area contributed by atoms with E-state index in [1.165, 1.54) is 0 Å². The molecule has 0 spiro atoms. The maximum atomic E-state index is 5.86. The quantitative estimate of drug-likeness (QED) is 0.766. The Kier molecular flexibility index (Phi) is 3.73. The Bertz CT molecular complexity index is 713. The van der Waals surface area contributed by atoms with Crippen LogP contribution in [0.3, 0.4) is 0 Å². The van der Waals surface area contributed by atoms with Crippen molar-refractivity contribution in [3.8, 4) is 11.4 Å². The van der Waals surface area contributed by atoms with E-state index in [9.17, 15) is 0 Å². The highest BCUT2D eigenvalue weighted by Gasteiger charge is 2.05. The van der Waals surface area contributed by atoms with Crippen LogP contribution in [-0.2, 0) is 6.54 Å². The van der Waals surface area contributed by atoms with Crippen LogP contribution in [0.15, 0.2) is 60.9 Å². The van der Waals surface area contributed by atoms with E-state index in [0.29, 0.717) is 24.0 Å². The Morgan fingerprint density at radius 3 is 2.48 bits per heavy atom. The maximum Gasteiger partial charge on any atom is 0.163 e. The van der Waals surface area contributed by atoms with Gasteiger partial charge < -0.3 is 11.1 Å². The first-order chi connectivity index (χ1) is 10.3. The van der Waals surface area contributed by atoms with Gasteiger partial charge in [0, 0.05) is 30.6 Å². The summed E-state index contributed by atoms with van der Waals surface area (Å²) in [4.78, 5) is 12.8. The summed E-state index contributed by atoms with van der Waals surface area (Å²) in [5.74, 6) is 1.77. The largest absolute Gasteiger partial charge is 0.384 e. The van der Waals surface area contributed by atoms with Gasteiger partial charge in [0.25, 0.3) is 0 Å². The molecule has 21 heavy (non-hydrogen) atoms. The molecule has 0 fully saturated rings. The van der Waals surface area contributed by atoms with Gasteiger partial charge in [0.05, 0.1) is 0 Å². The molecule has 3 rings (SSSR count). The van der Waals surface area contributed by atoms with Crippen molar-refractivity contribution in [3.63, 3.8) is 0 Å². The smallest absolute Gasteiger partial charge is 0.163 e. The number of benzene rings is 1. The summed E-state index contributed by atoms with van der Waals surface area (Å²) >= 11 is 0. The monoisotopic (exact) mass is 277 g/mol. The van der Waals surface area contributed by atoms with Crippen LogP contribution in [0.5, 0.6) is 0 Å². The summed E-state index contributed by atoms with van der Waals surface area (Å²) in [6.45, 7) is 0.660. The van der Waals surface area contributed by atoms with Crippen LogP contribution in [0.25, 0.3) is 11.4 Å². The highest BCUT2D eigenvalue weighted by atomic mass is 15.0. The third kappa shape index (κ3) is 3.33. The molecular formula is C16H15N5. The Morgan fingerprint density at radius 1 is 0.952 bits per heavy atom. The van der Waals surface area contributed by atoms with Gasteiger partial charge in [0.15, 0.2) is 5.82 Å². The molecule has 0 aliphatic rings. The average molecular weight is 277 g/mol. The van der Waals surface area contributed by atoms with E-state index >= 15 is 0 Å². The molecule has 0 aliphatic carbocycles. The van der Waals surface area contributed by atoms with Crippen molar-refractivity contribution in [2.45, 2.75) is 6.54 Å². The molecular weight excluding hydrogens is 262 g/mol. The highest BCUT2D eigenvalue weighted by Crippen LogP contribution is 2.18. The third-order valence-electron chi connectivity index (χ3n) is 3.00. The average Bonchev–Trinajstić information content (AvgIpc) is 2.54. The molecule has 0 saturated carbocycles. The lowest BCUT2D eigenvalue weighted by Gasteiger charge is -2.08. The number of anilines is 2. The van der Waals surface area contributed by atoms with Crippen LogP contribution >= 0.6 is 0 Å². The molecule has 0 unspecified atom stereocenters. The first kappa shape index (κ1) is 13.1. The Hall–Kier alpha value is -2.95. The van der Waals surface area contributed by atoms with Gasteiger partial charge in [0.1, 0.15) is 11.6 Å². The molecule has 0 saturated heterocycles. The van der Waals surface area contributed by atoms with Crippen LogP contribution in [0.2, 0.25) is 0 Å². The van der Waals surface area contributed by atoms with Crippen LogP contribution in [0.1, 0.15) is 5.56 Å². The Labute approximate surface area is 122 Å². The highest BCUT2D eigenvalue weighted by molar-refractivity contribution is 5.60. The minimum absolute atomic E-state index is 0.445. The molecule has 0 bridgehead atoms. The van der Waals surface area contributed by atoms with E-state index in [-0.39, 0.29) is 0 Å². The number of nitrogens with one attached hydrogen (secondary N) is 1. The van der Waals surface area contributed by atoms with E-state index in [0.717, 1.165) is 11.1 Å². The lowest BCUT2D eigenvalue weighted by molar-refractivity contribution is 1.08. The zero-order valence-corrected chi connectivity index (χ0v) is 11.4. The van der Waals surface area contributed by atoms with Crippen molar-refractivity contribution in [3.05, 3.63) is 66.5 Å². The maximum absolute atomic E-state index is 5.86. The normalized spacial score (nSPS) is 10.3. The third-order valence-corrected chi connectivity index (χ3v) is 3.00. The van der Waals surface area contributed by atoms with Gasteiger partial charge in [-0.15, -0.1) is 0 Å². The van der Waals surface area contributed by atoms with Crippen LogP contribution in [-0.4, -0.2) is 15.0 Å². The van der Waals surface area contributed by atoms with E-state index in [2.05, 4.69) is 20.3 Å². The SMILES string of the molecule is Nc1cc(NCc2ccncc2)nc(-c2ccccc2)n1. The van der Waals surface area contributed by atoms with Crippen LogP contribution in [0.4, 0.5) is 11.6 Å². The lowest BCUT2D eigenvalue weighted by Crippen LogP contribution is -2.05. The molecule has 2 heterocycles. The van der Waals surface area contributed by atoms with E-state index in [4.69, 9.17) is 5.73 Å². The second-order valence-corrected chi connectivity index (χ2v) is 4.58. The number of pyridine rings is 1. The molecule has 0 radical (unpaired) electrons. The molecule has 0 atom stereocenters. The number of hydrogen-bond acceptors (Lipinski definition) is 5. The van der Waals surface area contributed by atoms with Crippen molar-refractivity contribution in [2.75, 3.05) is 11.1 Å². The molecule has 3 N–H and O–H groups in total. The molecule has 5 nitrogen and oxygen atoms in total. The Morgan fingerprint density at radius 2 is 1.71 bits per heavy atom. The fourth-order valence-corrected chi connectivity index (χ4v) is 1.97. The topological polar surface area (TPSA) is 76.7 Å². The first-order valence-electron chi connectivity index (χ1n) is 6.64. The van der Waals surface area contributed by atoms with Gasteiger partial charge in [-0.2, -0.15) is 0 Å². The summed E-state index contributed by atoms with van der Waals surface area (Å²) in [5.41, 5.74) is 7.93. The molecule has 0 amide bonds. The zero-order chi connectivity index (χ0) is 14.5. The predicted molar refractivity (Wildman–Crippen MR) is 83.4 cm³/mol. The summed E-state index contributed by atoms with van der Waals surface area (Å²) in [6.07, 6.45) is 3.53. The predicted octanol–water partition coefficient (Wildman–Crippen LogP) is 2.73. The van der Waals surface area contributed by atoms with Gasteiger partial charge in [-0.05, 0) is 17.7 Å². The molecule has 104 valence electrons. The van der Waals surface area contributed by atoms with Crippen molar-refractivity contribution in [1.29, 1.82) is 0 Å². The van der Waals surface area contributed by atoms with Gasteiger partial charge in [-0.25, -0.2) is 9.97 Å². The first-order valence-corrected chi connectivity index (χ1v) is 6.64. The molecule has 2 aromatic heterocycles. The van der Waals surface area contributed by atoms with Crippen molar-refractivity contribution in [2.24, 2.45) is 0 Å². The lowest BCUT2D eigenvalue weighted by atomic mass is 10.2. The van der Waals surface area contributed by atoms with Gasteiger partial charge in [0.2, 0.25) is 0 Å². The Balaban J connectivity index is 1.82. The number of hydrogen-bond donors (Lipinski definition) is 2. The minimum atomic E-state index is 0.445. The number of nitrogens with zero attached hydrogens (tertiary/aromatic N) is 3. The molecule has 3 aromatic rings. The second-order valence-electron chi connectivity index (χ2n) is 4.58. The minimum Gasteiger partial charge on any atom is -0.384 e. The summed E-state index contributed by atoms with van der Waals surface area (Å²) in [6, 6.07) is 15.4. The standard InChI is InChI=1S/C16H15N5/c17-14-10-15(19-11-12-6-8-18-9-7-12)21-16(20-14)13-4-2-1-3-5-13/h1-10H,11H2,(H3,17,19,20,21). The van der Waals surface area contributed by atoms with Gasteiger partial charge >= 0.3 is 0 Å². The summed E-state index contributed by atoms with van der Waals surface area (Å²) in [5, 5.41) is 3.25. The van der Waals surface area contributed by atoms with Gasteiger partial charge in [-0.1, -0.05) is 30.3 Å². The summed E-state index contributed by atoms with van der Waals surface area (Å²) < 4.78 is 0. The number of nitrogens with two attached hydrogens (primary N) is 1. The van der Waals surface area contributed by atoms with Crippen molar-refractivity contribution in [1.82, 2.24) is 15.0 Å². The fourth-order valence-electron chi connectivity index (χ4n) is 1.97. The van der Waals surface area contributed by atoms with E-state index in [1.54, 1.807) is 18.5 Å². The number of aromatic nitrogens is 3. The summed E-state index contributed by atoms with van der Waals surface area (Å²) in [7, 11) is 0. The molecule has 0 aliphatic heterocycles. The van der Waals surface area contributed by atoms with E-state index < -0.39 is 0 Å². The van der Waals surface area contributed by atoms with Crippen LogP contribution < -0.4 is 11.1 Å².